The molecule has 0 saturated heterocycles. The van der Waals surface area contributed by atoms with Gasteiger partial charge < -0.3 is 11.1 Å². The van der Waals surface area contributed by atoms with Gasteiger partial charge in [-0.25, -0.2) is 9.18 Å². The van der Waals surface area contributed by atoms with Gasteiger partial charge in [0.05, 0.1) is 0 Å². The van der Waals surface area contributed by atoms with Crippen molar-refractivity contribution in [3.8, 4) is 0 Å². The molecule has 36 valence electrons. The molecule has 6 heavy (non-hydrogen) atoms. The van der Waals surface area contributed by atoms with Crippen molar-refractivity contribution in [2.24, 2.45) is 5.73 Å². The first-order valence-electron chi connectivity index (χ1n) is 1.36. The van der Waals surface area contributed by atoms with Crippen LogP contribution in [0.4, 0.5) is 9.18 Å². The molecule has 0 aliphatic carbocycles. The zero-order valence-corrected chi connectivity index (χ0v) is 3.07. The average Bonchev–Trinajstić information content (AvgIpc) is 1.35. The summed E-state index contributed by atoms with van der Waals surface area (Å²) >= 11 is 0. The van der Waals surface area contributed by atoms with E-state index >= 15 is 0 Å². The van der Waals surface area contributed by atoms with Crippen molar-refractivity contribution in [1.29, 1.82) is 0 Å². The molecule has 0 heterocycles. The van der Waals surface area contributed by atoms with Gasteiger partial charge in [0.1, 0.15) is 0 Å². The van der Waals surface area contributed by atoms with E-state index in [0.717, 1.165) is 0 Å². The summed E-state index contributed by atoms with van der Waals surface area (Å²) in [5.41, 5.74) is 4.41. The van der Waals surface area contributed by atoms with Gasteiger partial charge in [-0.1, -0.05) is 0 Å². The predicted molar refractivity (Wildman–Crippen MR) is 18.7 cm³/mol. The summed E-state index contributed by atoms with van der Waals surface area (Å²) in [6, 6.07) is -0.836. The quantitative estimate of drug-likeness (QED) is 0.424. The van der Waals surface area contributed by atoms with Crippen LogP contribution in [0.5, 0.6) is 0 Å². The Bertz CT molecular complexity index is 55.5. The highest BCUT2D eigenvalue weighted by molar-refractivity contribution is 5.71. The highest BCUT2D eigenvalue weighted by Gasteiger charge is 1.81. The van der Waals surface area contributed by atoms with Crippen LogP contribution in [0, 0.1) is 0 Å². The molecule has 0 bridgehead atoms. The molecule has 2 amide bonds. The fourth-order valence-corrected chi connectivity index (χ4v) is 0.0659. The Labute approximate surface area is 34.3 Å². The van der Waals surface area contributed by atoms with E-state index in [9.17, 15) is 9.18 Å². The number of rotatable bonds is 1. The molecule has 0 aliphatic heterocycles. The van der Waals surface area contributed by atoms with Crippen LogP contribution >= 0.6 is 0 Å². The van der Waals surface area contributed by atoms with Gasteiger partial charge in [-0.15, -0.1) is 0 Å². The molecule has 0 aliphatic rings. The monoisotopic (exact) mass is 92.0 g/mol. The molecule has 0 spiro atoms. The van der Waals surface area contributed by atoms with Gasteiger partial charge in [-0.2, -0.15) is 0 Å². The molecule has 0 rings (SSSR count). The van der Waals surface area contributed by atoms with E-state index in [0.29, 0.717) is 0 Å². The van der Waals surface area contributed by atoms with Crippen molar-refractivity contribution in [3.05, 3.63) is 0 Å². The van der Waals surface area contributed by atoms with Crippen molar-refractivity contribution in [3.63, 3.8) is 0 Å². The molecule has 0 radical (unpaired) electrons. The Morgan fingerprint density at radius 2 is 2.50 bits per heavy atom. The van der Waals surface area contributed by atoms with E-state index in [1.807, 2.05) is 0 Å². The van der Waals surface area contributed by atoms with Gasteiger partial charge in [0, 0.05) is 0 Å². The first-order valence-corrected chi connectivity index (χ1v) is 1.36. The number of primary amides is 1. The summed E-state index contributed by atoms with van der Waals surface area (Å²) in [7, 11) is 0. The molecular weight excluding hydrogens is 87.0 g/mol. The topological polar surface area (TPSA) is 55.1 Å². The highest BCUT2D eigenvalue weighted by Crippen LogP contribution is 1.54. The first kappa shape index (κ1) is 5.20. The Morgan fingerprint density at radius 3 is 2.50 bits per heavy atom. The molecule has 0 aromatic heterocycles. The third-order valence-corrected chi connectivity index (χ3v) is 0.241. The van der Waals surface area contributed by atoms with Gasteiger partial charge in [0.25, 0.3) is 0 Å². The number of carbonyl (C=O) groups is 1. The molecule has 0 atom stereocenters. The van der Waals surface area contributed by atoms with E-state index in [4.69, 9.17) is 0 Å². The van der Waals surface area contributed by atoms with E-state index in [1.165, 1.54) is 0 Å². The summed E-state index contributed by atoms with van der Waals surface area (Å²) in [5.74, 6) is 0. The minimum atomic E-state index is -0.894. The summed E-state index contributed by atoms with van der Waals surface area (Å²) in [5, 5.41) is 1.68. The minimum absolute atomic E-state index is 0.836. The fraction of sp³-hybridized carbons (Fsp3) is 0.500. The number of amides is 2. The molecule has 0 saturated carbocycles. The zero-order valence-electron chi connectivity index (χ0n) is 3.07. The van der Waals surface area contributed by atoms with Crippen LogP contribution in [-0.2, 0) is 0 Å². The smallest absolute Gasteiger partial charge is 0.314 e. The van der Waals surface area contributed by atoms with Crippen molar-refractivity contribution in [2.75, 3.05) is 6.80 Å². The largest absolute Gasteiger partial charge is 0.352 e. The summed E-state index contributed by atoms with van der Waals surface area (Å²) in [6.45, 7) is -0.894. The molecular formula is C2H5FN2O. The maximum absolute atomic E-state index is 10.8. The Kier molecular flexibility index (Phi) is 2.11. The lowest BCUT2D eigenvalue weighted by Crippen LogP contribution is -2.28. The predicted octanol–water partition coefficient (Wildman–Crippen LogP) is -0.418. The average molecular weight is 92.1 g/mol. The van der Waals surface area contributed by atoms with E-state index < -0.39 is 12.8 Å². The van der Waals surface area contributed by atoms with E-state index in [-0.39, 0.29) is 0 Å². The van der Waals surface area contributed by atoms with Crippen molar-refractivity contribution >= 4 is 6.03 Å². The van der Waals surface area contributed by atoms with Gasteiger partial charge in [-0.3, -0.25) is 0 Å². The second kappa shape index (κ2) is 2.44. The van der Waals surface area contributed by atoms with Crippen LogP contribution in [0.25, 0.3) is 0 Å². The van der Waals surface area contributed by atoms with Crippen LogP contribution in [0.1, 0.15) is 0 Å². The van der Waals surface area contributed by atoms with Gasteiger partial charge >= 0.3 is 6.03 Å². The number of carbonyl (C=O) groups excluding carboxylic acids is 1. The molecule has 3 nitrogen and oxygen atoms in total. The summed E-state index contributed by atoms with van der Waals surface area (Å²) < 4.78 is 10.8. The Morgan fingerprint density at radius 1 is 2.00 bits per heavy atom. The van der Waals surface area contributed by atoms with E-state index in [2.05, 4.69) is 5.73 Å². The number of hydrogen-bond acceptors (Lipinski definition) is 1. The molecule has 0 aromatic carbocycles. The molecule has 3 N–H and O–H groups in total. The molecule has 0 unspecified atom stereocenters. The molecule has 4 heteroatoms. The SMILES string of the molecule is NC(=O)NCF. The Balaban J connectivity index is 2.83. The van der Waals surface area contributed by atoms with Crippen LogP contribution in [0.3, 0.4) is 0 Å². The lowest BCUT2D eigenvalue weighted by Gasteiger charge is -1.86. The maximum atomic E-state index is 10.8. The van der Waals surface area contributed by atoms with E-state index in [1.54, 1.807) is 5.32 Å². The van der Waals surface area contributed by atoms with Gasteiger partial charge in [0.15, 0.2) is 6.80 Å². The summed E-state index contributed by atoms with van der Waals surface area (Å²) in [4.78, 5) is 9.47. The summed E-state index contributed by atoms with van der Waals surface area (Å²) in [6.07, 6.45) is 0. The third-order valence-electron chi connectivity index (χ3n) is 0.241. The maximum Gasteiger partial charge on any atom is 0.314 e. The molecule has 0 aromatic rings. The first-order chi connectivity index (χ1) is 2.77. The number of halogens is 1. The minimum Gasteiger partial charge on any atom is -0.352 e. The second-order valence-corrected chi connectivity index (χ2v) is 0.675. The van der Waals surface area contributed by atoms with Crippen molar-refractivity contribution in [1.82, 2.24) is 5.32 Å². The number of urea groups is 1. The van der Waals surface area contributed by atoms with Crippen molar-refractivity contribution < 1.29 is 9.18 Å². The standard InChI is InChI=1S/C2H5FN2O/c3-1-5-2(4)6/h1H2,(H3,4,5,6). The lowest BCUT2D eigenvalue weighted by molar-refractivity contribution is 0.244. The van der Waals surface area contributed by atoms with Crippen LogP contribution in [-0.4, -0.2) is 12.8 Å². The van der Waals surface area contributed by atoms with Crippen LogP contribution < -0.4 is 11.1 Å². The molecule has 0 fully saturated rings. The number of alkyl halides is 1. The normalized spacial score (nSPS) is 7.50. The number of hydrogen-bond donors (Lipinski definition) is 2. The van der Waals surface area contributed by atoms with Crippen LogP contribution in [0.15, 0.2) is 0 Å². The van der Waals surface area contributed by atoms with Crippen molar-refractivity contribution in [2.45, 2.75) is 0 Å². The Hall–Kier alpha value is -0.800. The number of nitrogens with two attached hydrogens (primary N) is 1. The highest BCUT2D eigenvalue weighted by atomic mass is 19.1. The van der Waals surface area contributed by atoms with Crippen LogP contribution in [0.2, 0.25) is 0 Å². The zero-order chi connectivity index (χ0) is 4.99. The van der Waals surface area contributed by atoms with Gasteiger partial charge in [0.2, 0.25) is 0 Å². The third kappa shape index (κ3) is 3.20. The van der Waals surface area contributed by atoms with Gasteiger partial charge in [-0.05, 0) is 0 Å². The second-order valence-electron chi connectivity index (χ2n) is 0.675. The number of nitrogens with one attached hydrogen (secondary N) is 1. The lowest BCUT2D eigenvalue weighted by atomic mass is 11.0. The fourth-order valence-electron chi connectivity index (χ4n) is 0.0659.